The molecule has 0 aromatic heterocycles. The van der Waals surface area contributed by atoms with Crippen molar-refractivity contribution in [2.24, 2.45) is 11.7 Å². The first-order chi connectivity index (χ1) is 7.17. The molecule has 0 heterocycles. The fraction of sp³-hybridized carbons (Fsp3) is 0.417. The van der Waals surface area contributed by atoms with Gasteiger partial charge in [-0.1, -0.05) is 13.3 Å². The second-order valence-corrected chi connectivity index (χ2v) is 3.64. The Kier molecular flexibility index (Phi) is 4.43. The standard InChI is InChI=1S/C12H16FNO/c1-2-9(8-14)7-12(15)10-3-5-11(13)6-4-10/h3-6,9H,2,7-8,14H2,1H3. The third-order valence-electron chi connectivity index (χ3n) is 2.55. The second-order valence-electron chi connectivity index (χ2n) is 3.64. The summed E-state index contributed by atoms with van der Waals surface area (Å²) in [6, 6.07) is 5.63. The highest BCUT2D eigenvalue weighted by Gasteiger charge is 2.12. The lowest BCUT2D eigenvalue weighted by atomic mass is 9.96. The predicted molar refractivity (Wildman–Crippen MR) is 58.2 cm³/mol. The van der Waals surface area contributed by atoms with E-state index in [-0.39, 0.29) is 17.5 Å². The molecule has 0 fully saturated rings. The van der Waals surface area contributed by atoms with E-state index >= 15 is 0 Å². The summed E-state index contributed by atoms with van der Waals surface area (Å²) in [5, 5.41) is 0. The first-order valence-electron chi connectivity index (χ1n) is 5.16. The zero-order valence-electron chi connectivity index (χ0n) is 8.87. The number of carbonyl (C=O) groups is 1. The molecule has 0 saturated heterocycles. The van der Waals surface area contributed by atoms with Gasteiger partial charge >= 0.3 is 0 Å². The number of Topliss-reactive ketones (excluding diaryl/α,β-unsaturated/α-hetero) is 1. The molecule has 0 amide bonds. The summed E-state index contributed by atoms with van der Waals surface area (Å²) >= 11 is 0. The third kappa shape index (κ3) is 3.44. The number of hydrogen-bond acceptors (Lipinski definition) is 2. The van der Waals surface area contributed by atoms with Crippen LogP contribution >= 0.6 is 0 Å². The Morgan fingerprint density at radius 1 is 1.40 bits per heavy atom. The van der Waals surface area contributed by atoms with Crippen LogP contribution in [0.1, 0.15) is 30.1 Å². The Balaban J connectivity index is 2.64. The van der Waals surface area contributed by atoms with Gasteiger partial charge in [-0.05, 0) is 36.7 Å². The Morgan fingerprint density at radius 3 is 2.47 bits per heavy atom. The smallest absolute Gasteiger partial charge is 0.163 e. The number of ketones is 1. The fourth-order valence-electron chi connectivity index (χ4n) is 1.41. The van der Waals surface area contributed by atoms with E-state index in [1.807, 2.05) is 6.92 Å². The molecule has 0 saturated carbocycles. The summed E-state index contributed by atoms with van der Waals surface area (Å²) in [4.78, 5) is 11.7. The van der Waals surface area contributed by atoms with Gasteiger partial charge < -0.3 is 5.73 Å². The minimum Gasteiger partial charge on any atom is -0.330 e. The van der Waals surface area contributed by atoms with Crippen molar-refractivity contribution in [3.63, 3.8) is 0 Å². The Bertz CT molecular complexity index is 317. The van der Waals surface area contributed by atoms with Gasteiger partial charge in [-0.2, -0.15) is 0 Å². The lowest BCUT2D eigenvalue weighted by Gasteiger charge is -2.10. The minimum absolute atomic E-state index is 0.0345. The number of nitrogens with two attached hydrogens (primary N) is 1. The topological polar surface area (TPSA) is 43.1 Å². The second kappa shape index (κ2) is 5.61. The zero-order chi connectivity index (χ0) is 11.3. The third-order valence-corrected chi connectivity index (χ3v) is 2.55. The summed E-state index contributed by atoms with van der Waals surface area (Å²) in [5.74, 6) is -0.0627. The van der Waals surface area contributed by atoms with Crippen LogP contribution in [0.5, 0.6) is 0 Å². The summed E-state index contributed by atoms with van der Waals surface area (Å²) in [6.07, 6.45) is 1.34. The Morgan fingerprint density at radius 2 is 2.00 bits per heavy atom. The molecule has 15 heavy (non-hydrogen) atoms. The molecule has 1 aromatic rings. The lowest BCUT2D eigenvalue weighted by molar-refractivity contribution is 0.0961. The van der Waals surface area contributed by atoms with Crippen molar-refractivity contribution in [1.29, 1.82) is 0 Å². The maximum atomic E-state index is 12.6. The van der Waals surface area contributed by atoms with Crippen LogP contribution in [0.3, 0.4) is 0 Å². The molecule has 0 aliphatic heterocycles. The molecule has 82 valence electrons. The van der Waals surface area contributed by atoms with Crippen molar-refractivity contribution in [3.05, 3.63) is 35.6 Å². The molecule has 1 atom stereocenters. The first-order valence-corrected chi connectivity index (χ1v) is 5.16. The Hall–Kier alpha value is -1.22. The van der Waals surface area contributed by atoms with E-state index in [9.17, 15) is 9.18 Å². The summed E-state index contributed by atoms with van der Waals surface area (Å²) in [5.41, 5.74) is 6.08. The van der Waals surface area contributed by atoms with Gasteiger partial charge in [0.2, 0.25) is 0 Å². The molecule has 1 aromatic carbocycles. The van der Waals surface area contributed by atoms with Gasteiger partial charge in [-0.15, -0.1) is 0 Å². The largest absolute Gasteiger partial charge is 0.330 e. The monoisotopic (exact) mass is 209 g/mol. The van der Waals surface area contributed by atoms with Gasteiger partial charge in [-0.3, -0.25) is 4.79 Å². The van der Waals surface area contributed by atoms with Gasteiger partial charge in [0.15, 0.2) is 5.78 Å². The number of hydrogen-bond donors (Lipinski definition) is 1. The van der Waals surface area contributed by atoms with E-state index in [1.54, 1.807) is 0 Å². The van der Waals surface area contributed by atoms with Crippen LogP contribution in [0.15, 0.2) is 24.3 Å². The van der Waals surface area contributed by atoms with Crippen molar-refractivity contribution < 1.29 is 9.18 Å². The molecule has 3 heteroatoms. The van der Waals surface area contributed by atoms with Crippen molar-refractivity contribution in [3.8, 4) is 0 Å². The normalized spacial score (nSPS) is 12.5. The van der Waals surface area contributed by atoms with E-state index < -0.39 is 0 Å². The highest BCUT2D eigenvalue weighted by molar-refractivity contribution is 5.96. The molecule has 0 aliphatic rings. The van der Waals surface area contributed by atoms with E-state index in [2.05, 4.69) is 0 Å². The molecular weight excluding hydrogens is 193 g/mol. The van der Waals surface area contributed by atoms with Crippen LogP contribution < -0.4 is 5.73 Å². The molecular formula is C12H16FNO. The average molecular weight is 209 g/mol. The van der Waals surface area contributed by atoms with E-state index in [0.29, 0.717) is 18.5 Å². The maximum Gasteiger partial charge on any atom is 0.163 e. The van der Waals surface area contributed by atoms with Crippen LogP contribution in [0, 0.1) is 11.7 Å². The van der Waals surface area contributed by atoms with E-state index in [1.165, 1.54) is 24.3 Å². The van der Waals surface area contributed by atoms with Crippen LogP contribution in [-0.4, -0.2) is 12.3 Å². The van der Waals surface area contributed by atoms with Gasteiger partial charge in [-0.25, -0.2) is 4.39 Å². The van der Waals surface area contributed by atoms with Crippen molar-refractivity contribution in [2.75, 3.05) is 6.54 Å². The van der Waals surface area contributed by atoms with Crippen LogP contribution in [-0.2, 0) is 0 Å². The van der Waals surface area contributed by atoms with Gasteiger partial charge in [0, 0.05) is 12.0 Å². The fourth-order valence-corrected chi connectivity index (χ4v) is 1.41. The quantitative estimate of drug-likeness (QED) is 0.756. The number of carbonyl (C=O) groups excluding carboxylic acids is 1. The highest BCUT2D eigenvalue weighted by atomic mass is 19.1. The molecule has 0 spiro atoms. The number of rotatable bonds is 5. The lowest BCUT2D eigenvalue weighted by Crippen LogP contribution is -2.17. The molecule has 0 radical (unpaired) electrons. The predicted octanol–water partition coefficient (Wildman–Crippen LogP) is 2.38. The number of benzene rings is 1. The maximum absolute atomic E-state index is 12.6. The van der Waals surface area contributed by atoms with Crippen LogP contribution in [0.25, 0.3) is 0 Å². The van der Waals surface area contributed by atoms with Crippen molar-refractivity contribution in [2.45, 2.75) is 19.8 Å². The van der Waals surface area contributed by atoms with Crippen molar-refractivity contribution in [1.82, 2.24) is 0 Å². The first kappa shape index (κ1) is 11.9. The van der Waals surface area contributed by atoms with E-state index in [4.69, 9.17) is 5.73 Å². The molecule has 1 rings (SSSR count). The van der Waals surface area contributed by atoms with Gasteiger partial charge in [0.1, 0.15) is 5.82 Å². The van der Waals surface area contributed by atoms with Crippen molar-refractivity contribution >= 4 is 5.78 Å². The van der Waals surface area contributed by atoms with Crippen LogP contribution in [0.4, 0.5) is 4.39 Å². The molecule has 2 nitrogen and oxygen atoms in total. The summed E-state index contributed by atoms with van der Waals surface area (Å²) in [6.45, 7) is 2.53. The average Bonchev–Trinajstić information content (AvgIpc) is 2.26. The van der Waals surface area contributed by atoms with Gasteiger partial charge in [0.05, 0.1) is 0 Å². The zero-order valence-corrected chi connectivity index (χ0v) is 8.87. The molecule has 1 unspecified atom stereocenters. The molecule has 2 N–H and O–H groups in total. The Labute approximate surface area is 89.3 Å². The van der Waals surface area contributed by atoms with E-state index in [0.717, 1.165) is 6.42 Å². The molecule has 0 aliphatic carbocycles. The molecule has 0 bridgehead atoms. The minimum atomic E-state index is -0.322. The summed E-state index contributed by atoms with van der Waals surface area (Å²) < 4.78 is 12.6. The highest BCUT2D eigenvalue weighted by Crippen LogP contribution is 2.12. The number of halogens is 1. The van der Waals surface area contributed by atoms with Gasteiger partial charge in [0.25, 0.3) is 0 Å². The SMILES string of the molecule is CCC(CN)CC(=O)c1ccc(F)cc1. The summed E-state index contributed by atoms with van der Waals surface area (Å²) in [7, 11) is 0. The van der Waals surface area contributed by atoms with Crippen LogP contribution in [0.2, 0.25) is 0 Å².